The molecule has 2 heteroatoms. The van der Waals surface area contributed by atoms with Crippen molar-refractivity contribution in [1.29, 1.82) is 0 Å². The Bertz CT molecular complexity index is 897. The number of carbonyl (C=O) groups is 1. The van der Waals surface area contributed by atoms with Gasteiger partial charge in [-0.15, -0.1) is 0 Å². The highest BCUT2D eigenvalue weighted by Gasteiger charge is 2.69. The van der Waals surface area contributed by atoms with Crippen molar-refractivity contribution in [3.63, 3.8) is 0 Å². The second-order valence-electron chi connectivity index (χ2n) is 15.5. The second-order valence-corrected chi connectivity index (χ2v) is 15.5. The van der Waals surface area contributed by atoms with Crippen LogP contribution in [0.3, 0.4) is 0 Å². The van der Waals surface area contributed by atoms with Crippen LogP contribution in [0.5, 0.6) is 0 Å². The fraction of sp³-hybridized carbons (Fsp3) is 0.906. The molecular formula is C32H52O2. The number of carbonyl (C=O) groups excluding carboxylic acids is 1. The molecule has 5 aliphatic carbocycles. The zero-order valence-electron chi connectivity index (χ0n) is 23.8. The van der Waals surface area contributed by atoms with Crippen LogP contribution in [0.4, 0.5) is 0 Å². The molecule has 192 valence electrons. The van der Waals surface area contributed by atoms with E-state index in [1.54, 1.807) is 12.5 Å². The average molecular weight is 469 g/mol. The number of hydrogen-bond acceptors (Lipinski definition) is 2. The number of rotatable bonds is 1. The molecule has 0 spiro atoms. The lowest BCUT2D eigenvalue weighted by Gasteiger charge is -2.73. The van der Waals surface area contributed by atoms with Crippen molar-refractivity contribution in [2.75, 3.05) is 0 Å². The summed E-state index contributed by atoms with van der Waals surface area (Å²) in [4.78, 5) is 11.9. The predicted molar refractivity (Wildman–Crippen MR) is 140 cm³/mol. The van der Waals surface area contributed by atoms with Crippen LogP contribution >= 0.6 is 0 Å². The molecule has 0 heterocycles. The SMILES string of the molecule is CC(=O)O[C@H]1CC[C@]2(C)[C@H]3CC[C@@H]4[C@@]5(C)CCCC(C)(C)C5=CC[C@@]4(C)[C@]3(C)CC[C@H]2C1(C)C. The highest BCUT2D eigenvalue weighted by Crippen LogP contribution is 2.77. The van der Waals surface area contributed by atoms with Gasteiger partial charge in [0.05, 0.1) is 0 Å². The fourth-order valence-electron chi connectivity index (χ4n) is 11.8. The molecule has 8 atom stereocenters. The number of fused-ring (bicyclic) bond motifs is 7. The predicted octanol–water partition coefficient (Wildman–Crippen LogP) is 8.74. The fourth-order valence-corrected chi connectivity index (χ4v) is 11.8. The Kier molecular flexibility index (Phi) is 5.40. The van der Waals surface area contributed by atoms with E-state index in [0.717, 1.165) is 18.3 Å². The third kappa shape index (κ3) is 3.01. The van der Waals surface area contributed by atoms with Crippen LogP contribution in [0, 0.1) is 50.2 Å². The van der Waals surface area contributed by atoms with Crippen LogP contribution in [0.15, 0.2) is 11.6 Å². The van der Waals surface area contributed by atoms with Gasteiger partial charge in [-0.2, -0.15) is 0 Å². The van der Waals surface area contributed by atoms with Crippen molar-refractivity contribution in [3.8, 4) is 0 Å². The van der Waals surface area contributed by atoms with Crippen LogP contribution in [-0.4, -0.2) is 12.1 Å². The lowest BCUT2D eigenvalue weighted by atomic mass is 9.31. The van der Waals surface area contributed by atoms with E-state index in [4.69, 9.17) is 4.74 Å². The van der Waals surface area contributed by atoms with Gasteiger partial charge >= 0.3 is 5.97 Å². The molecule has 4 fully saturated rings. The number of esters is 1. The Labute approximate surface area is 210 Å². The minimum Gasteiger partial charge on any atom is -0.462 e. The van der Waals surface area contributed by atoms with Crippen LogP contribution < -0.4 is 0 Å². The van der Waals surface area contributed by atoms with Gasteiger partial charge in [-0.25, -0.2) is 0 Å². The smallest absolute Gasteiger partial charge is 0.302 e. The maximum atomic E-state index is 11.9. The summed E-state index contributed by atoms with van der Waals surface area (Å²) in [5.74, 6) is 2.11. The van der Waals surface area contributed by atoms with E-state index < -0.39 is 0 Å². The van der Waals surface area contributed by atoms with Gasteiger partial charge in [-0.3, -0.25) is 4.79 Å². The second kappa shape index (κ2) is 7.38. The minimum absolute atomic E-state index is 0.0523. The van der Waals surface area contributed by atoms with E-state index in [9.17, 15) is 4.79 Å². The molecule has 5 aliphatic rings. The van der Waals surface area contributed by atoms with Crippen LogP contribution in [0.25, 0.3) is 0 Å². The van der Waals surface area contributed by atoms with Crippen molar-refractivity contribution < 1.29 is 9.53 Å². The third-order valence-corrected chi connectivity index (χ3v) is 13.5. The van der Waals surface area contributed by atoms with E-state index in [-0.39, 0.29) is 17.5 Å². The topological polar surface area (TPSA) is 26.3 Å². The van der Waals surface area contributed by atoms with Crippen molar-refractivity contribution in [2.24, 2.45) is 50.2 Å². The van der Waals surface area contributed by atoms with Gasteiger partial charge in [-0.1, -0.05) is 73.5 Å². The van der Waals surface area contributed by atoms with Crippen molar-refractivity contribution in [1.82, 2.24) is 0 Å². The quantitative estimate of drug-likeness (QED) is 0.284. The minimum atomic E-state index is -0.108. The lowest BCUT2D eigenvalue weighted by Crippen LogP contribution is -2.66. The van der Waals surface area contributed by atoms with Gasteiger partial charge in [0.25, 0.3) is 0 Å². The number of hydrogen-bond donors (Lipinski definition) is 0. The summed E-state index contributed by atoms with van der Waals surface area (Å²) >= 11 is 0. The third-order valence-electron chi connectivity index (χ3n) is 13.5. The van der Waals surface area contributed by atoms with Gasteiger partial charge in [0, 0.05) is 12.3 Å². The first kappa shape index (κ1) is 24.9. The van der Waals surface area contributed by atoms with E-state index >= 15 is 0 Å². The van der Waals surface area contributed by atoms with Crippen LogP contribution in [0.1, 0.15) is 127 Å². The molecule has 0 saturated heterocycles. The number of allylic oxidation sites excluding steroid dienone is 2. The molecule has 0 N–H and O–H groups in total. The standard InChI is InChI=1S/C32H52O2/c1-21(33)34-26-15-18-30(7)23(28(26,4)5)14-20-32(9)25(30)12-11-24-29(6)17-10-16-27(2,3)22(29)13-19-31(24,32)8/h13,23-26H,10-12,14-20H2,1-9H3/t23-,24+,25+,26-,29-,30-,31+,32+/m0/s1. The van der Waals surface area contributed by atoms with Crippen LogP contribution in [0.2, 0.25) is 0 Å². The molecule has 0 bridgehead atoms. The Balaban J connectivity index is 1.53. The summed E-state index contributed by atoms with van der Waals surface area (Å²) in [6.07, 6.45) is 15.9. The zero-order chi connectivity index (χ0) is 24.9. The first-order valence-electron chi connectivity index (χ1n) is 14.5. The highest BCUT2D eigenvalue weighted by atomic mass is 16.5. The monoisotopic (exact) mass is 468 g/mol. The summed E-state index contributed by atoms with van der Waals surface area (Å²) < 4.78 is 5.91. The Morgan fingerprint density at radius 2 is 1.47 bits per heavy atom. The normalized spacial score (nSPS) is 51.1. The number of ether oxygens (including phenoxy) is 1. The molecule has 0 aromatic rings. The summed E-state index contributed by atoms with van der Waals surface area (Å²) in [6.45, 7) is 22.2. The maximum Gasteiger partial charge on any atom is 0.302 e. The van der Waals surface area contributed by atoms with E-state index in [2.05, 4.69) is 61.5 Å². The lowest BCUT2D eigenvalue weighted by molar-refractivity contribution is -0.240. The molecule has 0 unspecified atom stereocenters. The van der Waals surface area contributed by atoms with Crippen molar-refractivity contribution >= 4 is 5.97 Å². The van der Waals surface area contributed by atoms with E-state index in [1.807, 2.05) is 0 Å². The molecule has 4 saturated carbocycles. The molecule has 2 nitrogen and oxygen atoms in total. The largest absolute Gasteiger partial charge is 0.462 e. The molecule has 0 aliphatic heterocycles. The summed E-state index contributed by atoms with van der Waals surface area (Å²) in [5, 5.41) is 0. The maximum absolute atomic E-state index is 11.9. The molecule has 0 aromatic carbocycles. The van der Waals surface area contributed by atoms with Gasteiger partial charge in [-0.05, 0) is 103 Å². The van der Waals surface area contributed by atoms with Crippen molar-refractivity contribution in [3.05, 3.63) is 11.6 Å². The van der Waals surface area contributed by atoms with Gasteiger partial charge < -0.3 is 4.74 Å². The zero-order valence-corrected chi connectivity index (χ0v) is 23.8. The van der Waals surface area contributed by atoms with E-state index in [0.29, 0.717) is 33.0 Å². The molecular weight excluding hydrogens is 416 g/mol. The van der Waals surface area contributed by atoms with Gasteiger partial charge in [0.15, 0.2) is 0 Å². The van der Waals surface area contributed by atoms with E-state index in [1.165, 1.54) is 57.8 Å². The summed E-state index contributed by atoms with van der Waals surface area (Å²) in [6, 6.07) is 0. The molecule has 0 amide bonds. The Morgan fingerprint density at radius 1 is 0.794 bits per heavy atom. The Hall–Kier alpha value is -0.790. The van der Waals surface area contributed by atoms with Crippen LogP contribution in [-0.2, 0) is 9.53 Å². The molecule has 0 radical (unpaired) electrons. The Morgan fingerprint density at radius 3 is 2.15 bits per heavy atom. The highest BCUT2D eigenvalue weighted by molar-refractivity contribution is 5.66. The average Bonchev–Trinajstić information content (AvgIpc) is 2.70. The molecule has 0 aromatic heterocycles. The molecule has 5 rings (SSSR count). The summed E-state index contributed by atoms with van der Waals surface area (Å²) in [5.41, 5.74) is 3.72. The first-order chi connectivity index (χ1) is 15.6. The molecule has 34 heavy (non-hydrogen) atoms. The first-order valence-corrected chi connectivity index (χ1v) is 14.5. The summed E-state index contributed by atoms with van der Waals surface area (Å²) in [7, 11) is 0. The van der Waals surface area contributed by atoms with Gasteiger partial charge in [0.1, 0.15) is 6.10 Å². The van der Waals surface area contributed by atoms with Crippen molar-refractivity contribution in [2.45, 2.75) is 133 Å². The van der Waals surface area contributed by atoms with Gasteiger partial charge in [0.2, 0.25) is 0 Å².